The molecule has 0 atom stereocenters. The van der Waals surface area contributed by atoms with Crippen LogP contribution in [0.15, 0.2) is 41.8 Å². The normalized spacial score (nSPS) is 13.1. The molecule has 3 amide bonds. The summed E-state index contributed by atoms with van der Waals surface area (Å²) in [4.78, 5) is 36.2. The molecule has 6 nitrogen and oxygen atoms in total. The standard InChI is InChI=1S/C18H19N3O3S/c22-16(9-10-19-18(24)15-2-1-11-25-15)20-13-5-3-12(4-6-13)17(23)21-14-7-8-14/h1-6,11,14H,7-10H2,(H,19,24)(H,20,22)(H,21,23). The largest absolute Gasteiger partial charge is 0.351 e. The second kappa shape index (κ2) is 7.94. The van der Waals surface area contributed by atoms with Crippen LogP contribution < -0.4 is 16.0 Å². The Labute approximate surface area is 149 Å². The van der Waals surface area contributed by atoms with Crippen LogP contribution >= 0.6 is 11.3 Å². The van der Waals surface area contributed by atoms with Crippen LogP contribution in [0.4, 0.5) is 5.69 Å². The Kier molecular flexibility index (Phi) is 5.45. The van der Waals surface area contributed by atoms with Gasteiger partial charge in [-0.15, -0.1) is 11.3 Å². The Morgan fingerprint density at radius 1 is 1.04 bits per heavy atom. The molecule has 1 aliphatic carbocycles. The van der Waals surface area contributed by atoms with Gasteiger partial charge in [0.2, 0.25) is 5.91 Å². The molecule has 3 N–H and O–H groups in total. The molecule has 0 aliphatic heterocycles. The van der Waals surface area contributed by atoms with E-state index in [1.165, 1.54) is 11.3 Å². The van der Waals surface area contributed by atoms with Crippen molar-refractivity contribution < 1.29 is 14.4 Å². The lowest BCUT2D eigenvalue weighted by molar-refractivity contribution is -0.116. The van der Waals surface area contributed by atoms with Gasteiger partial charge in [0.1, 0.15) is 0 Å². The van der Waals surface area contributed by atoms with Crippen LogP contribution in [0.5, 0.6) is 0 Å². The lowest BCUT2D eigenvalue weighted by atomic mass is 10.2. The third-order valence-electron chi connectivity index (χ3n) is 3.73. The molecular weight excluding hydrogens is 338 g/mol. The van der Waals surface area contributed by atoms with Crippen LogP contribution in [-0.2, 0) is 4.79 Å². The van der Waals surface area contributed by atoms with Crippen molar-refractivity contribution in [1.82, 2.24) is 10.6 Å². The maximum Gasteiger partial charge on any atom is 0.261 e. The van der Waals surface area contributed by atoms with Crippen LogP contribution in [0.2, 0.25) is 0 Å². The van der Waals surface area contributed by atoms with Crippen molar-refractivity contribution in [1.29, 1.82) is 0 Å². The molecule has 2 aromatic rings. The first-order chi connectivity index (χ1) is 12.1. The molecule has 0 saturated heterocycles. The lowest BCUT2D eigenvalue weighted by Gasteiger charge is -2.07. The van der Waals surface area contributed by atoms with Gasteiger partial charge in [-0.2, -0.15) is 0 Å². The van der Waals surface area contributed by atoms with Crippen molar-refractivity contribution in [2.75, 3.05) is 11.9 Å². The van der Waals surface area contributed by atoms with Gasteiger partial charge in [0, 0.05) is 30.3 Å². The van der Waals surface area contributed by atoms with Gasteiger partial charge in [-0.1, -0.05) is 6.07 Å². The smallest absolute Gasteiger partial charge is 0.261 e. The van der Waals surface area contributed by atoms with Gasteiger partial charge < -0.3 is 16.0 Å². The van der Waals surface area contributed by atoms with Crippen molar-refractivity contribution in [2.45, 2.75) is 25.3 Å². The fraction of sp³-hybridized carbons (Fsp3) is 0.278. The Hall–Kier alpha value is -2.67. The van der Waals surface area contributed by atoms with Crippen molar-refractivity contribution in [3.63, 3.8) is 0 Å². The molecule has 3 rings (SSSR count). The molecule has 130 valence electrons. The summed E-state index contributed by atoms with van der Waals surface area (Å²) in [5.41, 5.74) is 1.20. The highest BCUT2D eigenvalue weighted by molar-refractivity contribution is 7.12. The molecule has 25 heavy (non-hydrogen) atoms. The van der Waals surface area contributed by atoms with Crippen LogP contribution in [0.1, 0.15) is 39.3 Å². The van der Waals surface area contributed by atoms with Gasteiger partial charge in [0.25, 0.3) is 11.8 Å². The molecular formula is C18H19N3O3S. The van der Waals surface area contributed by atoms with Gasteiger partial charge in [-0.25, -0.2) is 0 Å². The Bertz CT molecular complexity index is 752. The number of carbonyl (C=O) groups is 3. The minimum Gasteiger partial charge on any atom is -0.351 e. The van der Waals surface area contributed by atoms with Gasteiger partial charge in [0.05, 0.1) is 4.88 Å². The molecule has 1 fully saturated rings. The summed E-state index contributed by atoms with van der Waals surface area (Å²) < 4.78 is 0. The molecule has 0 spiro atoms. The summed E-state index contributed by atoms with van der Waals surface area (Å²) in [5.74, 6) is -0.452. The molecule has 1 aromatic heterocycles. The highest BCUT2D eigenvalue weighted by Gasteiger charge is 2.23. The van der Waals surface area contributed by atoms with E-state index in [1.807, 2.05) is 5.38 Å². The van der Waals surface area contributed by atoms with Crippen molar-refractivity contribution >= 4 is 34.7 Å². The van der Waals surface area contributed by atoms with Gasteiger partial charge >= 0.3 is 0 Å². The first kappa shape index (κ1) is 17.2. The lowest BCUT2D eigenvalue weighted by Crippen LogP contribution is -2.27. The molecule has 1 aliphatic rings. The molecule has 1 saturated carbocycles. The summed E-state index contributed by atoms with van der Waals surface area (Å²) in [5, 5.41) is 10.2. The minimum absolute atomic E-state index is 0.0864. The first-order valence-corrected chi connectivity index (χ1v) is 9.02. The molecule has 1 heterocycles. The van der Waals surface area contributed by atoms with E-state index in [2.05, 4.69) is 16.0 Å². The number of hydrogen-bond donors (Lipinski definition) is 3. The summed E-state index contributed by atoms with van der Waals surface area (Å²) in [6.45, 7) is 0.268. The predicted molar refractivity (Wildman–Crippen MR) is 96.8 cm³/mol. The van der Waals surface area contributed by atoms with E-state index in [4.69, 9.17) is 0 Å². The van der Waals surface area contributed by atoms with Gasteiger partial charge in [-0.05, 0) is 48.6 Å². The van der Waals surface area contributed by atoms with Crippen molar-refractivity contribution in [2.24, 2.45) is 0 Å². The van der Waals surface area contributed by atoms with Crippen LogP contribution in [0, 0.1) is 0 Å². The number of hydrogen-bond acceptors (Lipinski definition) is 4. The van der Waals surface area contributed by atoms with Gasteiger partial charge in [0.15, 0.2) is 0 Å². The number of amides is 3. The summed E-state index contributed by atoms with van der Waals surface area (Å²) in [7, 11) is 0. The topological polar surface area (TPSA) is 87.3 Å². The van der Waals surface area contributed by atoms with E-state index in [0.29, 0.717) is 22.2 Å². The average Bonchev–Trinajstić information content (AvgIpc) is 3.24. The van der Waals surface area contributed by atoms with Crippen LogP contribution in [-0.4, -0.2) is 30.3 Å². The number of anilines is 1. The van der Waals surface area contributed by atoms with E-state index >= 15 is 0 Å². The molecule has 0 bridgehead atoms. The Morgan fingerprint density at radius 3 is 2.44 bits per heavy atom. The maximum atomic E-state index is 11.9. The second-order valence-corrected chi connectivity index (χ2v) is 6.80. The minimum atomic E-state index is -0.193. The molecule has 0 radical (unpaired) electrons. The third-order valence-corrected chi connectivity index (χ3v) is 4.59. The molecule has 7 heteroatoms. The van der Waals surface area contributed by atoms with Crippen molar-refractivity contribution in [3.8, 4) is 0 Å². The maximum absolute atomic E-state index is 11.9. The number of rotatable bonds is 7. The predicted octanol–water partition coefficient (Wildman–Crippen LogP) is 2.40. The van der Waals surface area contributed by atoms with E-state index in [0.717, 1.165) is 12.8 Å². The fourth-order valence-electron chi connectivity index (χ4n) is 2.21. The summed E-state index contributed by atoms with van der Waals surface area (Å²) in [6.07, 6.45) is 2.27. The van der Waals surface area contributed by atoms with E-state index in [1.54, 1.807) is 36.4 Å². The monoisotopic (exact) mass is 357 g/mol. The quantitative estimate of drug-likeness (QED) is 0.711. The number of nitrogens with one attached hydrogen (secondary N) is 3. The third kappa shape index (κ3) is 5.15. The summed E-state index contributed by atoms with van der Waals surface area (Å²) in [6, 6.07) is 10.6. The van der Waals surface area contributed by atoms with Crippen LogP contribution in [0.3, 0.4) is 0 Å². The highest BCUT2D eigenvalue weighted by atomic mass is 32.1. The Morgan fingerprint density at radius 2 is 1.80 bits per heavy atom. The van der Waals surface area contributed by atoms with E-state index in [9.17, 15) is 14.4 Å². The highest BCUT2D eigenvalue weighted by Crippen LogP contribution is 2.19. The van der Waals surface area contributed by atoms with E-state index < -0.39 is 0 Å². The summed E-state index contributed by atoms with van der Waals surface area (Å²) >= 11 is 1.36. The molecule has 1 aromatic carbocycles. The van der Waals surface area contributed by atoms with Gasteiger partial charge in [-0.3, -0.25) is 14.4 Å². The zero-order valence-electron chi connectivity index (χ0n) is 13.6. The number of thiophene rings is 1. The first-order valence-electron chi connectivity index (χ1n) is 8.14. The number of benzene rings is 1. The average molecular weight is 357 g/mol. The van der Waals surface area contributed by atoms with E-state index in [-0.39, 0.29) is 30.7 Å². The zero-order valence-corrected chi connectivity index (χ0v) is 14.4. The van der Waals surface area contributed by atoms with Crippen molar-refractivity contribution in [3.05, 3.63) is 52.2 Å². The second-order valence-electron chi connectivity index (χ2n) is 5.86. The number of carbonyl (C=O) groups excluding carboxylic acids is 3. The Balaban J connectivity index is 1.41. The molecule has 0 unspecified atom stereocenters. The fourth-order valence-corrected chi connectivity index (χ4v) is 2.85. The SMILES string of the molecule is O=C(CCNC(=O)c1cccs1)Nc1ccc(C(=O)NC2CC2)cc1. The zero-order chi connectivity index (χ0) is 17.6. The van der Waals surface area contributed by atoms with Crippen LogP contribution in [0.25, 0.3) is 0 Å².